The number of hydrogen-bond donors (Lipinski definition) is 2. The maximum absolute atomic E-state index is 13.4. The number of halogens is 1. The Morgan fingerprint density at radius 3 is 2.81 bits per heavy atom. The minimum absolute atomic E-state index is 0.320. The number of benzene rings is 1. The Bertz CT molecular complexity index is 801. The van der Waals surface area contributed by atoms with E-state index in [1.807, 2.05) is 6.92 Å². The Labute approximate surface area is 157 Å². The summed E-state index contributed by atoms with van der Waals surface area (Å²) in [4.78, 5) is 6.79. The van der Waals surface area contributed by atoms with Gasteiger partial charge in [0.25, 0.3) is 0 Å². The van der Waals surface area contributed by atoms with Gasteiger partial charge in [-0.1, -0.05) is 6.07 Å². The first-order valence-corrected chi connectivity index (χ1v) is 9.41. The predicted octanol–water partition coefficient (Wildman–Crippen LogP) is 2.27. The van der Waals surface area contributed by atoms with Crippen LogP contribution in [0.15, 0.2) is 28.7 Å². The second-order valence-electron chi connectivity index (χ2n) is 7.52. The maximum atomic E-state index is 13.4. The standard InChI is InChI=1S/C20H25FN2O4/c1-13-16(22-19(27-13)14-3-2-4-15(21)11-14)12-23-8-6-20(7-9-23)18(25)17(24)5-10-26-20/h2-4,11,17-18,24-25H,5-10,12H2,1H3/t17-,18-/m0/s1. The SMILES string of the molecule is Cc1oc(-c2cccc(F)c2)nc1CN1CCC2(CC1)OCC[C@H](O)[C@@H]2O. The molecule has 1 spiro atoms. The number of aliphatic hydroxyl groups excluding tert-OH is 2. The Morgan fingerprint density at radius 2 is 2.07 bits per heavy atom. The minimum atomic E-state index is -0.832. The number of hydrogen-bond acceptors (Lipinski definition) is 6. The molecule has 146 valence electrons. The summed E-state index contributed by atoms with van der Waals surface area (Å²) in [7, 11) is 0. The van der Waals surface area contributed by atoms with Gasteiger partial charge in [-0.2, -0.15) is 0 Å². The van der Waals surface area contributed by atoms with E-state index in [9.17, 15) is 14.6 Å². The molecule has 2 aliphatic rings. The van der Waals surface area contributed by atoms with E-state index in [1.54, 1.807) is 12.1 Å². The van der Waals surface area contributed by atoms with Crippen LogP contribution in [-0.2, 0) is 11.3 Å². The van der Waals surface area contributed by atoms with Crippen molar-refractivity contribution in [1.29, 1.82) is 0 Å². The fraction of sp³-hybridized carbons (Fsp3) is 0.550. The van der Waals surface area contributed by atoms with Crippen LogP contribution in [0.25, 0.3) is 11.5 Å². The number of ether oxygens (including phenoxy) is 1. The molecule has 2 saturated heterocycles. The van der Waals surface area contributed by atoms with Gasteiger partial charge in [0.05, 0.1) is 24.0 Å². The molecular formula is C20H25FN2O4. The lowest BCUT2D eigenvalue weighted by Gasteiger charge is -2.48. The molecule has 2 fully saturated rings. The highest BCUT2D eigenvalue weighted by Crippen LogP contribution is 2.36. The van der Waals surface area contributed by atoms with Crippen molar-refractivity contribution in [2.75, 3.05) is 19.7 Å². The number of aliphatic hydroxyl groups is 2. The van der Waals surface area contributed by atoms with Crippen molar-refractivity contribution in [1.82, 2.24) is 9.88 Å². The van der Waals surface area contributed by atoms with Crippen LogP contribution in [-0.4, -0.2) is 57.6 Å². The van der Waals surface area contributed by atoms with Crippen molar-refractivity contribution in [2.24, 2.45) is 0 Å². The molecule has 4 rings (SSSR count). The second kappa shape index (κ2) is 7.31. The van der Waals surface area contributed by atoms with Crippen LogP contribution in [0, 0.1) is 12.7 Å². The molecule has 1 aromatic heterocycles. The average Bonchev–Trinajstić information content (AvgIpc) is 3.02. The quantitative estimate of drug-likeness (QED) is 0.856. The zero-order valence-corrected chi connectivity index (χ0v) is 15.4. The molecule has 2 aliphatic heterocycles. The zero-order chi connectivity index (χ0) is 19.0. The highest BCUT2D eigenvalue weighted by atomic mass is 19.1. The smallest absolute Gasteiger partial charge is 0.226 e. The summed E-state index contributed by atoms with van der Waals surface area (Å²) in [6.45, 7) is 4.45. The lowest BCUT2D eigenvalue weighted by Crippen LogP contribution is -2.59. The van der Waals surface area contributed by atoms with Gasteiger partial charge in [0.15, 0.2) is 0 Å². The molecule has 0 saturated carbocycles. The zero-order valence-electron chi connectivity index (χ0n) is 15.4. The van der Waals surface area contributed by atoms with E-state index in [0.29, 0.717) is 43.9 Å². The fourth-order valence-electron chi connectivity index (χ4n) is 4.04. The van der Waals surface area contributed by atoms with Crippen LogP contribution < -0.4 is 0 Å². The summed E-state index contributed by atoms with van der Waals surface area (Å²) in [5.41, 5.74) is 0.810. The summed E-state index contributed by atoms with van der Waals surface area (Å²) < 4.78 is 25.1. The van der Waals surface area contributed by atoms with E-state index in [4.69, 9.17) is 9.15 Å². The van der Waals surface area contributed by atoms with Gasteiger partial charge in [-0.15, -0.1) is 0 Å². The number of rotatable bonds is 3. The summed E-state index contributed by atoms with van der Waals surface area (Å²) in [6, 6.07) is 6.21. The maximum Gasteiger partial charge on any atom is 0.226 e. The summed E-state index contributed by atoms with van der Waals surface area (Å²) >= 11 is 0. The third-order valence-corrected chi connectivity index (χ3v) is 5.75. The third kappa shape index (κ3) is 3.65. The van der Waals surface area contributed by atoms with Crippen molar-refractivity contribution in [3.8, 4) is 11.5 Å². The minimum Gasteiger partial charge on any atom is -0.441 e. The Kier molecular flexibility index (Phi) is 5.03. The fourth-order valence-corrected chi connectivity index (χ4v) is 4.04. The lowest BCUT2D eigenvalue weighted by atomic mass is 9.80. The van der Waals surface area contributed by atoms with E-state index in [-0.39, 0.29) is 5.82 Å². The molecule has 0 aliphatic carbocycles. The Balaban J connectivity index is 1.42. The molecule has 2 N–H and O–H groups in total. The van der Waals surface area contributed by atoms with E-state index in [0.717, 1.165) is 24.5 Å². The molecule has 2 atom stereocenters. The first-order chi connectivity index (χ1) is 13.0. The van der Waals surface area contributed by atoms with Crippen LogP contribution in [0.5, 0.6) is 0 Å². The summed E-state index contributed by atoms with van der Waals surface area (Å²) in [6.07, 6.45) is 0.268. The van der Waals surface area contributed by atoms with Gasteiger partial charge in [0, 0.05) is 25.2 Å². The number of aryl methyl sites for hydroxylation is 1. The van der Waals surface area contributed by atoms with Gasteiger partial charge in [-0.25, -0.2) is 9.37 Å². The predicted molar refractivity (Wildman–Crippen MR) is 96.5 cm³/mol. The van der Waals surface area contributed by atoms with Crippen LogP contribution >= 0.6 is 0 Å². The van der Waals surface area contributed by atoms with Crippen molar-refractivity contribution >= 4 is 0 Å². The number of oxazole rings is 1. The lowest BCUT2D eigenvalue weighted by molar-refractivity contribution is -0.214. The molecule has 6 nitrogen and oxygen atoms in total. The van der Waals surface area contributed by atoms with Crippen molar-refractivity contribution < 1.29 is 23.8 Å². The third-order valence-electron chi connectivity index (χ3n) is 5.75. The molecule has 2 aromatic rings. The molecule has 0 bridgehead atoms. The molecule has 7 heteroatoms. The largest absolute Gasteiger partial charge is 0.441 e. The van der Waals surface area contributed by atoms with Gasteiger partial charge in [-0.3, -0.25) is 4.90 Å². The Morgan fingerprint density at radius 1 is 1.30 bits per heavy atom. The molecular weight excluding hydrogens is 351 g/mol. The summed E-state index contributed by atoms with van der Waals surface area (Å²) in [5, 5.41) is 20.3. The normalized spacial score (nSPS) is 25.8. The van der Waals surface area contributed by atoms with Crippen LogP contribution in [0.3, 0.4) is 0 Å². The molecule has 0 unspecified atom stereocenters. The molecule has 1 aromatic carbocycles. The van der Waals surface area contributed by atoms with Crippen molar-refractivity contribution in [3.05, 3.63) is 41.5 Å². The molecule has 3 heterocycles. The number of aromatic nitrogens is 1. The average molecular weight is 376 g/mol. The highest BCUT2D eigenvalue weighted by Gasteiger charge is 2.47. The van der Waals surface area contributed by atoms with Gasteiger partial charge >= 0.3 is 0 Å². The van der Waals surface area contributed by atoms with Gasteiger partial charge in [-0.05, 0) is 44.4 Å². The molecule has 0 radical (unpaired) electrons. The molecule has 27 heavy (non-hydrogen) atoms. The summed E-state index contributed by atoms with van der Waals surface area (Å²) in [5.74, 6) is 0.822. The van der Waals surface area contributed by atoms with Crippen LogP contribution in [0.4, 0.5) is 4.39 Å². The molecule has 0 amide bonds. The van der Waals surface area contributed by atoms with Crippen LogP contribution in [0.2, 0.25) is 0 Å². The monoisotopic (exact) mass is 376 g/mol. The topological polar surface area (TPSA) is 79.0 Å². The van der Waals surface area contributed by atoms with E-state index in [2.05, 4.69) is 9.88 Å². The highest BCUT2D eigenvalue weighted by molar-refractivity contribution is 5.53. The van der Waals surface area contributed by atoms with Gasteiger partial charge in [0.1, 0.15) is 17.7 Å². The number of piperidine rings is 1. The Hall–Kier alpha value is -1.80. The van der Waals surface area contributed by atoms with Crippen molar-refractivity contribution in [3.63, 3.8) is 0 Å². The van der Waals surface area contributed by atoms with Gasteiger partial charge in [0.2, 0.25) is 5.89 Å². The number of likely N-dealkylation sites (tertiary alicyclic amines) is 1. The number of nitrogens with zero attached hydrogens (tertiary/aromatic N) is 2. The van der Waals surface area contributed by atoms with Crippen LogP contribution in [0.1, 0.15) is 30.7 Å². The van der Waals surface area contributed by atoms with Crippen molar-refractivity contribution in [2.45, 2.75) is 50.5 Å². The van der Waals surface area contributed by atoms with Gasteiger partial charge < -0.3 is 19.4 Å². The first-order valence-electron chi connectivity index (χ1n) is 9.41. The van der Waals surface area contributed by atoms with E-state index < -0.39 is 17.8 Å². The first kappa shape index (κ1) is 18.6. The second-order valence-corrected chi connectivity index (χ2v) is 7.52. The van der Waals surface area contributed by atoms with E-state index >= 15 is 0 Å². The van der Waals surface area contributed by atoms with E-state index in [1.165, 1.54) is 12.1 Å².